The van der Waals surface area contributed by atoms with E-state index in [-0.39, 0.29) is 0 Å². The molecule has 0 unspecified atom stereocenters. The zero-order valence-electron chi connectivity index (χ0n) is 12.5. The third kappa shape index (κ3) is 5.52. The first-order chi connectivity index (χ1) is 9.24. The number of carbonyl (C=O) groups excluding carboxylic acids is 1. The maximum Gasteiger partial charge on any atom is 0.220 e. The fourth-order valence-corrected chi connectivity index (χ4v) is 3.42. The van der Waals surface area contributed by atoms with Gasteiger partial charge in [0.25, 0.3) is 0 Å². The number of nitrogens with zero attached hydrogens (tertiary/aromatic N) is 1. The first-order valence-corrected chi connectivity index (χ1v) is 8.22. The van der Waals surface area contributed by atoms with Gasteiger partial charge < -0.3 is 10.2 Å². The van der Waals surface area contributed by atoms with E-state index in [9.17, 15) is 4.79 Å². The highest BCUT2D eigenvalue weighted by Crippen LogP contribution is 2.21. The number of nitrogens with one attached hydrogen (secondary N) is 1. The van der Waals surface area contributed by atoms with Crippen LogP contribution in [0.5, 0.6) is 0 Å². The third-order valence-electron chi connectivity index (χ3n) is 4.78. The van der Waals surface area contributed by atoms with Gasteiger partial charge in [-0.05, 0) is 51.7 Å². The number of rotatable bonds is 3. The minimum absolute atomic E-state index is 0.306. The van der Waals surface area contributed by atoms with Crippen LogP contribution in [-0.4, -0.2) is 37.0 Å². The second kappa shape index (κ2) is 7.88. The van der Waals surface area contributed by atoms with E-state index >= 15 is 0 Å². The fraction of sp³-hybridized carbons (Fsp3) is 0.938. The molecule has 0 aromatic carbocycles. The molecule has 2 rings (SSSR count). The van der Waals surface area contributed by atoms with E-state index in [0.717, 1.165) is 19.5 Å². The lowest BCUT2D eigenvalue weighted by molar-refractivity contribution is -0.123. The summed E-state index contributed by atoms with van der Waals surface area (Å²) < 4.78 is 0. The van der Waals surface area contributed by atoms with E-state index in [4.69, 9.17) is 0 Å². The Morgan fingerprint density at radius 2 is 1.58 bits per heavy atom. The average molecular weight is 266 g/mol. The Hall–Kier alpha value is -0.570. The van der Waals surface area contributed by atoms with Crippen LogP contribution < -0.4 is 5.32 Å². The largest absolute Gasteiger partial charge is 0.353 e. The molecule has 0 aromatic heterocycles. The normalized spacial score (nSPS) is 24.7. The molecule has 3 nitrogen and oxygen atoms in total. The Kier molecular flexibility index (Phi) is 6.15. The minimum atomic E-state index is 0.306. The van der Waals surface area contributed by atoms with Gasteiger partial charge in [0.2, 0.25) is 5.91 Å². The molecule has 2 fully saturated rings. The number of likely N-dealkylation sites (tertiary alicyclic amines) is 1. The number of carbonyl (C=O) groups is 1. The molecule has 1 N–H and O–H groups in total. The highest BCUT2D eigenvalue weighted by molar-refractivity contribution is 5.76. The topological polar surface area (TPSA) is 32.3 Å². The van der Waals surface area contributed by atoms with Crippen LogP contribution in [0.3, 0.4) is 0 Å². The molecule has 1 saturated carbocycles. The Morgan fingerprint density at radius 1 is 1.00 bits per heavy atom. The number of hydrogen-bond donors (Lipinski definition) is 1. The summed E-state index contributed by atoms with van der Waals surface area (Å²) >= 11 is 0. The van der Waals surface area contributed by atoms with Gasteiger partial charge in [-0.25, -0.2) is 0 Å². The fourth-order valence-electron chi connectivity index (χ4n) is 3.42. The zero-order chi connectivity index (χ0) is 13.5. The third-order valence-corrected chi connectivity index (χ3v) is 4.78. The van der Waals surface area contributed by atoms with Crippen molar-refractivity contribution in [3.05, 3.63) is 0 Å². The Balaban J connectivity index is 1.67. The van der Waals surface area contributed by atoms with Gasteiger partial charge in [-0.2, -0.15) is 0 Å². The molecule has 110 valence electrons. The van der Waals surface area contributed by atoms with Crippen molar-refractivity contribution in [2.45, 2.75) is 70.3 Å². The molecule has 1 aliphatic heterocycles. The lowest BCUT2D eigenvalue weighted by Crippen LogP contribution is -2.38. The second-order valence-electron chi connectivity index (χ2n) is 6.56. The van der Waals surface area contributed by atoms with E-state index < -0.39 is 0 Å². The predicted octanol–water partition coefficient (Wildman–Crippen LogP) is 2.95. The summed E-state index contributed by atoms with van der Waals surface area (Å²) in [5.74, 6) is 0.921. The van der Waals surface area contributed by atoms with Crippen molar-refractivity contribution in [3.8, 4) is 0 Å². The minimum Gasteiger partial charge on any atom is -0.353 e. The van der Waals surface area contributed by atoms with Gasteiger partial charge in [0.1, 0.15) is 0 Å². The molecule has 0 bridgehead atoms. The SMILES string of the molecule is CN1CCC(CC(=O)NC2CCCCCCC2)CC1. The summed E-state index contributed by atoms with van der Waals surface area (Å²) in [5, 5.41) is 3.29. The van der Waals surface area contributed by atoms with E-state index in [0.29, 0.717) is 17.9 Å². The molecule has 2 aliphatic rings. The predicted molar refractivity (Wildman–Crippen MR) is 79.1 cm³/mol. The van der Waals surface area contributed by atoms with E-state index in [2.05, 4.69) is 17.3 Å². The van der Waals surface area contributed by atoms with Gasteiger partial charge in [-0.3, -0.25) is 4.79 Å². The molecular weight excluding hydrogens is 236 g/mol. The molecule has 1 saturated heterocycles. The first-order valence-electron chi connectivity index (χ1n) is 8.22. The molecule has 19 heavy (non-hydrogen) atoms. The summed E-state index contributed by atoms with van der Waals surface area (Å²) in [6.07, 6.45) is 12.2. The Morgan fingerprint density at radius 3 is 2.21 bits per heavy atom. The molecule has 1 aliphatic carbocycles. The van der Waals surface area contributed by atoms with Crippen LogP contribution in [0, 0.1) is 5.92 Å². The zero-order valence-corrected chi connectivity index (χ0v) is 12.5. The standard InChI is InChI=1S/C16H30N2O/c1-18-11-9-14(10-12-18)13-16(19)17-15-7-5-3-2-4-6-8-15/h14-15H,2-13H2,1H3,(H,17,19). The molecule has 0 aromatic rings. The van der Waals surface area contributed by atoms with Gasteiger partial charge in [-0.15, -0.1) is 0 Å². The first kappa shape index (κ1) is 14.8. The quantitative estimate of drug-likeness (QED) is 0.852. The molecule has 1 amide bonds. The highest BCUT2D eigenvalue weighted by Gasteiger charge is 2.21. The van der Waals surface area contributed by atoms with Crippen molar-refractivity contribution >= 4 is 5.91 Å². The van der Waals surface area contributed by atoms with Crippen LogP contribution in [0.25, 0.3) is 0 Å². The van der Waals surface area contributed by atoms with Crippen LogP contribution in [-0.2, 0) is 4.79 Å². The van der Waals surface area contributed by atoms with Gasteiger partial charge in [0.15, 0.2) is 0 Å². The monoisotopic (exact) mass is 266 g/mol. The van der Waals surface area contributed by atoms with E-state index in [1.807, 2.05) is 0 Å². The van der Waals surface area contributed by atoms with Crippen molar-refractivity contribution < 1.29 is 4.79 Å². The van der Waals surface area contributed by atoms with Gasteiger partial charge >= 0.3 is 0 Å². The maximum absolute atomic E-state index is 12.1. The number of amides is 1. The van der Waals surface area contributed by atoms with E-state index in [1.165, 1.54) is 57.8 Å². The smallest absolute Gasteiger partial charge is 0.220 e. The summed E-state index contributed by atoms with van der Waals surface area (Å²) in [6.45, 7) is 2.31. The number of piperidine rings is 1. The Bertz CT molecular complexity index is 264. The maximum atomic E-state index is 12.1. The van der Waals surface area contributed by atoms with Crippen molar-refractivity contribution in [3.63, 3.8) is 0 Å². The van der Waals surface area contributed by atoms with Crippen LogP contribution in [0.2, 0.25) is 0 Å². The van der Waals surface area contributed by atoms with Crippen molar-refractivity contribution in [1.29, 1.82) is 0 Å². The van der Waals surface area contributed by atoms with E-state index in [1.54, 1.807) is 0 Å². The molecule has 3 heteroatoms. The second-order valence-corrected chi connectivity index (χ2v) is 6.56. The lowest BCUT2D eigenvalue weighted by Gasteiger charge is -2.29. The summed E-state index contributed by atoms with van der Waals surface area (Å²) in [6, 6.07) is 0.457. The molecule has 0 spiro atoms. The van der Waals surface area contributed by atoms with Crippen molar-refractivity contribution in [2.24, 2.45) is 5.92 Å². The molecule has 0 atom stereocenters. The van der Waals surface area contributed by atoms with Gasteiger partial charge in [-0.1, -0.05) is 32.1 Å². The molecular formula is C16H30N2O. The van der Waals surface area contributed by atoms with Crippen LogP contribution in [0.15, 0.2) is 0 Å². The van der Waals surface area contributed by atoms with Crippen LogP contribution in [0.4, 0.5) is 0 Å². The summed E-state index contributed by atoms with van der Waals surface area (Å²) in [7, 11) is 2.17. The molecule has 0 radical (unpaired) electrons. The number of hydrogen-bond acceptors (Lipinski definition) is 2. The molecule has 1 heterocycles. The van der Waals surface area contributed by atoms with Gasteiger partial charge in [0.05, 0.1) is 0 Å². The van der Waals surface area contributed by atoms with Gasteiger partial charge in [0, 0.05) is 12.5 Å². The Labute approximate surface area is 118 Å². The van der Waals surface area contributed by atoms with Crippen LogP contribution in [0.1, 0.15) is 64.2 Å². The summed E-state index contributed by atoms with van der Waals surface area (Å²) in [4.78, 5) is 14.5. The lowest BCUT2D eigenvalue weighted by atomic mass is 9.92. The summed E-state index contributed by atoms with van der Waals surface area (Å²) in [5.41, 5.74) is 0. The van der Waals surface area contributed by atoms with Crippen molar-refractivity contribution in [2.75, 3.05) is 20.1 Å². The average Bonchev–Trinajstić information content (AvgIpc) is 2.35. The van der Waals surface area contributed by atoms with Crippen LogP contribution >= 0.6 is 0 Å². The van der Waals surface area contributed by atoms with Crippen molar-refractivity contribution in [1.82, 2.24) is 10.2 Å². The highest BCUT2D eigenvalue weighted by atomic mass is 16.1.